The first-order valence-electron chi connectivity index (χ1n) is 14.2. The first kappa shape index (κ1) is 29.6. The molecule has 0 aromatic carbocycles. The lowest BCUT2D eigenvalue weighted by atomic mass is 9.43. The topological polar surface area (TPSA) is 165 Å². The van der Waals surface area contributed by atoms with Gasteiger partial charge in [0.05, 0.1) is 37.6 Å². The highest BCUT2D eigenvalue weighted by Crippen LogP contribution is 2.68. The van der Waals surface area contributed by atoms with Crippen molar-refractivity contribution < 1.29 is 42.7 Å². The molecule has 4 fully saturated rings. The van der Waals surface area contributed by atoms with Crippen molar-refractivity contribution in [2.75, 3.05) is 13.2 Å². The molecule has 4 aliphatic rings. The molecule has 0 saturated heterocycles. The Hall–Kier alpha value is -0.330. The molecule has 0 heterocycles. The summed E-state index contributed by atoms with van der Waals surface area (Å²) in [5.41, 5.74) is -0.309. The maximum Gasteiger partial charge on any atom is 0.397 e. The second-order valence-corrected chi connectivity index (χ2v) is 14.4. The van der Waals surface area contributed by atoms with Crippen LogP contribution < -0.4 is 0 Å². The van der Waals surface area contributed by atoms with Crippen LogP contribution in [0.5, 0.6) is 0 Å². The average Bonchev–Trinajstić information content (AvgIpc) is 3.17. The molecule has 9 nitrogen and oxygen atoms in total. The quantitative estimate of drug-likeness (QED) is 0.237. The summed E-state index contributed by atoms with van der Waals surface area (Å²) < 4.78 is 34.9. The molecule has 4 rings (SSSR count). The van der Waals surface area contributed by atoms with Gasteiger partial charge in [0.15, 0.2) is 0 Å². The van der Waals surface area contributed by atoms with Gasteiger partial charge in [-0.25, -0.2) is 4.18 Å². The van der Waals surface area contributed by atoms with E-state index in [9.17, 15) is 34.0 Å². The van der Waals surface area contributed by atoms with Crippen molar-refractivity contribution in [2.45, 2.75) is 103 Å². The molecule has 37 heavy (non-hydrogen) atoms. The van der Waals surface area contributed by atoms with Crippen LogP contribution in [0.15, 0.2) is 0 Å². The van der Waals surface area contributed by atoms with Gasteiger partial charge in [-0.3, -0.25) is 4.55 Å². The van der Waals surface area contributed by atoms with Crippen LogP contribution >= 0.6 is 0 Å². The Balaban J connectivity index is 1.45. The Morgan fingerprint density at radius 3 is 2.35 bits per heavy atom. The molecule has 0 amide bonds. The Labute approximate surface area is 221 Å². The van der Waals surface area contributed by atoms with Crippen molar-refractivity contribution >= 4 is 10.4 Å². The molecule has 13 atom stereocenters. The second kappa shape index (κ2) is 10.9. The van der Waals surface area contributed by atoms with E-state index in [0.717, 1.165) is 38.5 Å². The van der Waals surface area contributed by atoms with E-state index in [1.807, 2.05) is 0 Å². The first-order valence-corrected chi connectivity index (χ1v) is 15.5. The van der Waals surface area contributed by atoms with Gasteiger partial charge >= 0.3 is 10.4 Å². The van der Waals surface area contributed by atoms with Gasteiger partial charge in [0.25, 0.3) is 0 Å². The largest absolute Gasteiger partial charge is 0.397 e. The van der Waals surface area contributed by atoms with Crippen molar-refractivity contribution in [2.24, 2.45) is 52.3 Å². The lowest BCUT2D eigenvalue weighted by Crippen LogP contribution is -2.62. The van der Waals surface area contributed by atoms with Gasteiger partial charge in [-0.2, -0.15) is 8.42 Å². The van der Waals surface area contributed by atoms with Crippen molar-refractivity contribution in [1.82, 2.24) is 0 Å². The Bertz CT molecular complexity index is 898. The summed E-state index contributed by atoms with van der Waals surface area (Å²) in [6.07, 6.45) is 4.54. The standard InChI is InChI=1S/C27H48O9S/c1-15(4-7-22(30)16(13-28)14-36-37(33,34)35)19-5-6-20-25-21(12-24(32)27(19,20)3)26(2)9-8-18(29)10-17(26)11-23(25)31/h15-25,28-32H,4-14H2,1-3H3,(H,33,34,35)/t15-,16+,17+,18-,19-,20?,21?,22-,23?,24+,25?,26+,27-/m1/s1. The van der Waals surface area contributed by atoms with E-state index in [2.05, 4.69) is 25.0 Å². The van der Waals surface area contributed by atoms with Gasteiger partial charge in [0.2, 0.25) is 0 Å². The minimum Gasteiger partial charge on any atom is -0.396 e. The predicted molar refractivity (Wildman–Crippen MR) is 136 cm³/mol. The molecule has 4 saturated carbocycles. The molecule has 0 bridgehead atoms. The van der Waals surface area contributed by atoms with Crippen LogP contribution in [0.2, 0.25) is 0 Å². The molecule has 10 heteroatoms. The van der Waals surface area contributed by atoms with Gasteiger partial charge < -0.3 is 25.5 Å². The van der Waals surface area contributed by atoms with E-state index in [1.54, 1.807) is 0 Å². The van der Waals surface area contributed by atoms with E-state index in [-0.39, 0.29) is 52.4 Å². The van der Waals surface area contributed by atoms with Crippen LogP contribution in [0.25, 0.3) is 0 Å². The Morgan fingerprint density at radius 2 is 1.70 bits per heavy atom. The monoisotopic (exact) mass is 548 g/mol. The highest BCUT2D eigenvalue weighted by molar-refractivity contribution is 7.80. The third-order valence-electron chi connectivity index (χ3n) is 11.6. The summed E-state index contributed by atoms with van der Waals surface area (Å²) in [7, 11) is -4.65. The number of aliphatic hydroxyl groups excluding tert-OH is 5. The fraction of sp³-hybridized carbons (Fsp3) is 1.00. The summed E-state index contributed by atoms with van der Waals surface area (Å²) in [6.45, 7) is 5.67. The van der Waals surface area contributed by atoms with E-state index in [1.165, 1.54) is 0 Å². The fourth-order valence-electron chi connectivity index (χ4n) is 9.46. The van der Waals surface area contributed by atoms with Gasteiger partial charge in [0, 0.05) is 5.92 Å². The number of hydrogen-bond donors (Lipinski definition) is 6. The zero-order valence-electron chi connectivity index (χ0n) is 22.4. The van der Waals surface area contributed by atoms with E-state index in [4.69, 9.17) is 4.55 Å². The molecule has 0 radical (unpaired) electrons. The van der Waals surface area contributed by atoms with Crippen molar-refractivity contribution in [3.05, 3.63) is 0 Å². The van der Waals surface area contributed by atoms with Crippen molar-refractivity contribution in [1.29, 1.82) is 0 Å². The van der Waals surface area contributed by atoms with E-state index >= 15 is 0 Å². The molecule has 4 unspecified atom stereocenters. The van der Waals surface area contributed by atoms with Crippen LogP contribution in [-0.2, 0) is 14.6 Å². The smallest absolute Gasteiger partial charge is 0.396 e. The maximum absolute atomic E-state index is 11.7. The summed E-state index contributed by atoms with van der Waals surface area (Å²) >= 11 is 0. The van der Waals surface area contributed by atoms with Crippen LogP contribution in [-0.4, -0.2) is 76.1 Å². The Morgan fingerprint density at radius 1 is 1.00 bits per heavy atom. The SMILES string of the molecule is C[C@H](CC[C@@H](O)[C@@H](CO)COS(=O)(=O)O)[C@H]1CCC2C3C(O)C[C@@H]4C[C@H](O)CC[C@]4(C)C3C[C@H](O)[C@@]21C. The lowest BCUT2D eigenvalue weighted by molar-refractivity contribution is -0.207. The van der Waals surface area contributed by atoms with Gasteiger partial charge in [-0.05, 0) is 104 Å². The summed E-state index contributed by atoms with van der Waals surface area (Å²) in [4.78, 5) is 0. The van der Waals surface area contributed by atoms with Crippen LogP contribution in [0, 0.1) is 52.3 Å². The molecule has 0 aliphatic heterocycles. The molecule has 6 N–H and O–H groups in total. The van der Waals surface area contributed by atoms with Gasteiger partial charge in [0.1, 0.15) is 0 Å². The molecule has 0 spiro atoms. The zero-order valence-corrected chi connectivity index (χ0v) is 23.3. The molecule has 0 aromatic rings. The van der Waals surface area contributed by atoms with Gasteiger partial charge in [-0.15, -0.1) is 0 Å². The summed E-state index contributed by atoms with van der Waals surface area (Å²) in [5, 5.41) is 53.5. The van der Waals surface area contributed by atoms with Crippen LogP contribution in [0.3, 0.4) is 0 Å². The second-order valence-electron chi connectivity index (χ2n) is 13.3. The molecule has 0 aromatic heterocycles. The predicted octanol–water partition coefficient (Wildman–Crippen LogP) is 2.15. The normalized spacial score (nSPS) is 46.4. The molecule has 216 valence electrons. The van der Waals surface area contributed by atoms with E-state index < -0.39 is 47.8 Å². The number of rotatable bonds is 9. The summed E-state index contributed by atoms with van der Waals surface area (Å²) in [5.74, 6) is 0.439. The fourth-order valence-corrected chi connectivity index (χ4v) is 9.81. The number of hydrogen-bond acceptors (Lipinski definition) is 8. The Kier molecular flexibility index (Phi) is 8.75. The molecular weight excluding hydrogens is 500 g/mol. The van der Waals surface area contributed by atoms with Crippen LogP contribution in [0.4, 0.5) is 0 Å². The lowest BCUT2D eigenvalue weighted by Gasteiger charge is -2.63. The molecule has 4 aliphatic carbocycles. The van der Waals surface area contributed by atoms with Gasteiger partial charge in [-0.1, -0.05) is 20.8 Å². The highest BCUT2D eigenvalue weighted by atomic mass is 32.3. The summed E-state index contributed by atoms with van der Waals surface area (Å²) in [6, 6.07) is 0. The van der Waals surface area contributed by atoms with Crippen molar-refractivity contribution in [3.63, 3.8) is 0 Å². The third kappa shape index (κ3) is 5.51. The molecular formula is C27H48O9S. The number of aliphatic hydroxyl groups is 5. The zero-order chi connectivity index (χ0) is 27.3. The third-order valence-corrected chi connectivity index (χ3v) is 12.1. The van der Waals surface area contributed by atoms with Crippen LogP contribution in [0.1, 0.15) is 78.6 Å². The maximum atomic E-state index is 11.7. The van der Waals surface area contributed by atoms with E-state index in [0.29, 0.717) is 19.3 Å². The highest BCUT2D eigenvalue weighted by Gasteiger charge is 2.65. The van der Waals surface area contributed by atoms with Crippen molar-refractivity contribution in [3.8, 4) is 0 Å². The minimum atomic E-state index is -4.65. The minimum absolute atomic E-state index is 0.0304. The average molecular weight is 549 g/mol. The number of fused-ring (bicyclic) bond motifs is 5. The first-order chi connectivity index (χ1) is 17.2.